The largest absolute Gasteiger partial charge is 0.363 e. The molecule has 3 aromatic rings. The second-order valence-corrected chi connectivity index (χ2v) is 10.7. The third kappa shape index (κ3) is 3.62. The molecule has 0 spiro atoms. The van der Waals surface area contributed by atoms with Gasteiger partial charge < -0.3 is 9.80 Å². The molecular weight excluding hydrogens is 448 g/mol. The average Bonchev–Trinajstić information content (AvgIpc) is 2.95. The molecule has 4 aliphatic rings. The highest BCUT2D eigenvalue weighted by Crippen LogP contribution is 2.47. The second kappa shape index (κ2) is 8.81. The standard InChI is InChI=1S/C35H32N2/c1-24-20-35-30-16-7-6-14-27(30)21-28(37(35)23-32(24)26-12-4-3-5-13-26)22-34-25(2)29-15-8-9-17-31(29)33-18-10-11-19-36(33)34/h3-18,20-21,23,25,34-35H,19,22H2,1-2H3. The zero-order chi connectivity index (χ0) is 24.9. The van der Waals surface area contributed by atoms with E-state index in [1.807, 2.05) is 0 Å². The number of hydrogen-bond acceptors (Lipinski definition) is 2. The Hall–Kier alpha value is -4.04. The van der Waals surface area contributed by atoms with E-state index in [0.29, 0.717) is 12.0 Å². The van der Waals surface area contributed by atoms with E-state index in [0.717, 1.165) is 13.0 Å². The molecule has 0 N–H and O–H groups in total. The summed E-state index contributed by atoms with van der Waals surface area (Å²) in [5.74, 6) is 0.441. The number of fused-ring (bicyclic) bond motifs is 6. The summed E-state index contributed by atoms with van der Waals surface area (Å²) < 4.78 is 0. The fourth-order valence-corrected chi connectivity index (χ4v) is 6.67. The van der Waals surface area contributed by atoms with Gasteiger partial charge in [-0.25, -0.2) is 0 Å². The van der Waals surface area contributed by atoms with Crippen molar-refractivity contribution >= 4 is 17.3 Å². The van der Waals surface area contributed by atoms with Crippen LogP contribution in [0.25, 0.3) is 17.3 Å². The molecule has 4 heterocycles. The molecule has 0 saturated heterocycles. The second-order valence-electron chi connectivity index (χ2n) is 10.7. The van der Waals surface area contributed by atoms with Crippen LogP contribution >= 0.6 is 0 Å². The molecule has 0 amide bonds. The van der Waals surface area contributed by atoms with Gasteiger partial charge >= 0.3 is 0 Å². The Morgan fingerprint density at radius 3 is 2.49 bits per heavy atom. The molecule has 3 unspecified atom stereocenters. The molecule has 0 aromatic heterocycles. The van der Waals surface area contributed by atoms with E-state index in [2.05, 4.69) is 139 Å². The average molecular weight is 481 g/mol. The summed E-state index contributed by atoms with van der Waals surface area (Å²) in [6, 6.07) is 29.3. The predicted molar refractivity (Wildman–Crippen MR) is 154 cm³/mol. The Morgan fingerprint density at radius 1 is 0.865 bits per heavy atom. The summed E-state index contributed by atoms with van der Waals surface area (Å²) >= 11 is 0. The molecule has 2 nitrogen and oxygen atoms in total. The van der Waals surface area contributed by atoms with Crippen molar-refractivity contribution in [2.24, 2.45) is 0 Å². The monoisotopic (exact) mass is 480 g/mol. The lowest BCUT2D eigenvalue weighted by molar-refractivity contribution is 0.246. The van der Waals surface area contributed by atoms with Crippen molar-refractivity contribution in [3.8, 4) is 0 Å². The first-order chi connectivity index (χ1) is 18.2. The van der Waals surface area contributed by atoms with Gasteiger partial charge in [0, 0.05) is 53.7 Å². The van der Waals surface area contributed by atoms with E-state index in [-0.39, 0.29) is 6.04 Å². The van der Waals surface area contributed by atoms with Crippen LogP contribution in [0.15, 0.2) is 121 Å². The van der Waals surface area contributed by atoms with Crippen LogP contribution in [-0.2, 0) is 0 Å². The molecule has 7 rings (SSSR count). The highest BCUT2D eigenvalue weighted by molar-refractivity contribution is 5.81. The lowest BCUT2D eigenvalue weighted by atomic mass is 9.79. The maximum atomic E-state index is 2.64. The van der Waals surface area contributed by atoms with Gasteiger partial charge in [-0.1, -0.05) is 104 Å². The molecule has 0 bridgehead atoms. The Kier molecular flexibility index (Phi) is 5.28. The van der Waals surface area contributed by atoms with E-state index in [1.54, 1.807) is 0 Å². The van der Waals surface area contributed by atoms with Crippen LogP contribution in [0, 0.1) is 0 Å². The summed E-state index contributed by atoms with van der Waals surface area (Å²) in [4.78, 5) is 5.18. The Labute approximate surface area is 220 Å². The summed E-state index contributed by atoms with van der Waals surface area (Å²) in [6.07, 6.45) is 15.1. The molecule has 4 aliphatic heterocycles. The Balaban J connectivity index is 1.33. The lowest BCUT2D eigenvalue weighted by Gasteiger charge is -2.47. The molecule has 0 fully saturated rings. The van der Waals surface area contributed by atoms with Gasteiger partial charge in [0.15, 0.2) is 0 Å². The lowest BCUT2D eigenvalue weighted by Crippen LogP contribution is -2.44. The molecule has 182 valence electrons. The van der Waals surface area contributed by atoms with Crippen molar-refractivity contribution in [3.63, 3.8) is 0 Å². The highest BCUT2D eigenvalue weighted by Gasteiger charge is 2.38. The molecule has 3 aromatic carbocycles. The van der Waals surface area contributed by atoms with Crippen LogP contribution in [0.4, 0.5) is 0 Å². The number of hydrogen-bond donors (Lipinski definition) is 0. The van der Waals surface area contributed by atoms with Crippen molar-refractivity contribution < 1.29 is 0 Å². The zero-order valence-electron chi connectivity index (χ0n) is 21.5. The number of rotatable bonds is 3. The third-order valence-electron chi connectivity index (χ3n) is 8.58. The minimum absolute atomic E-state index is 0.228. The predicted octanol–water partition coefficient (Wildman–Crippen LogP) is 8.17. The van der Waals surface area contributed by atoms with Crippen LogP contribution in [-0.4, -0.2) is 22.4 Å². The Bertz CT molecular complexity index is 1520. The molecule has 37 heavy (non-hydrogen) atoms. The van der Waals surface area contributed by atoms with Gasteiger partial charge in [0.05, 0.1) is 6.04 Å². The summed E-state index contributed by atoms with van der Waals surface area (Å²) in [5, 5.41) is 0. The summed E-state index contributed by atoms with van der Waals surface area (Å²) in [7, 11) is 0. The van der Waals surface area contributed by atoms with Gasteiger partial charge in [-0.3, -0.25) is 0 Å². The fourth-order valence-electron chi connectivity index (χ4n) is 6.67. The van der Waals surface area contributed by atoms with Crippen LogP contribution < -0.4 is 0 Å². The normalized spacial score (nSPS) is 23.6. The van der Waals surface area contributed by atoms with Crippen LogP contribution in [0.5, 0.6) is 0 Å². The van der Waals surface area contributed by atoms with Crippen molar-refractivity contribution in [3.05, 3.63) is 148 Å². The first-order valence-corrected chi connectivity index (χ1v) is 13.5. The van der Waals surface area contributed by atoms with Crippen LogP contribution in [0.2, 0.25) is 0 Å². The van der Waals surface area contributed by atoms with Gasteiger partial charge in [-0.2, -0.15) is 0 Å². The molecule has 0 aliphatic carbocycles. The first kappa shape index (κ1) is 22.2. The van der Waals surface area contributed by atoms with E-state index in [1.165, 1.54) is 50.4 Å². The zero-order valence-corrected chi connectivity index (χ0v) is 21.5. The summed E-state index contributed by atoms with van der Waals surface area (Å²) in [5.41, 5.74) is 12.3. The maximum Gasteiger partial charge on any atom is 0.0778 e. The van der Waals surface area contributed by atoms with Gasteiger partial charge in [0.1, 0.15) is 0 Å². The Morgan fingerprint density at radius 2 is 1.62 bits per heavy atom. The minimum Gasteiger partial charge on any atom is -0.363 e. The molecule has 3 atom stereocenters. The van der Waals surface area contributed by atoms with Crippen molar-refractivity contribution in [1.29, 1.82) is 0 Å². The van der Waals surface area contributed by atoms with E-state index >= 15 is 0 Å². The van der Waals surface area contributed by atoms with Crippen molar-refractivity contribution in [1.82, 2.24) is 9.80 Å². The smallest absolute Gasteiger partial charge is 0.0778 e. The molecule has 0 saturated carbocycles. The third-order valence-corrected chi connectivity index (χ3v) is 8.58. The van der Waals surface area contributed by atoms with Crippen molar-refractivity contribution in [2.75, 3.05) is 6.54 Å². The quantitative estimate of drug-likeness (QED) is 0.373. The topological polar surface area (TPSA) is 6.48 Å². The number of benzene rings is 3. The van der Waals surface area contributed by atoms with Gasteiger partial charge in [0.25, 0.3) is 0 Å². The van der Waals surface area contributed by atoms with E-state index < -0.39 is 0 Å². The maximum absolute atomic E-state index is 2.64. The fraction of sp³-hybridized carbons (Fsp3) is 0.200. The SMILES string of the molecule is CC1=CC2c3ccccc3C=C(CC3C(C)c4ccccc4C4=CC=CCN43)N2C=C1c1ccccc1. The number of allylic oxidation sites excluding steroid dienone is 4. The first-order valence-electron chi connectivity index (χ1n) is 13.5. The van der Waals surface area contributed by atoms with Gasteiger partial charge in [0.2, 0.25) is 0 Å². The summed E-state index contributed by atoms with van der Waals surface area (Å²) in [6.45, 7) is 5.64. The van der Waals surface area contributed by atoms with Gasteiger partial charge in [-0.05, 0) is 46.9 Å². The number of nitrogens with zero attached hydrogens (tertiary/aromatic N) is 2. The molecular formula is C35H32N2. The van der Waals surface area contributed by atoms with E-state index in [9.17, 15) is 0 Å². The van der Waals surface area contributed by atoms with Crippen LogP contribution in [0.1, 0.15) is 60.0 Å². The molecule has 2 heteroatoms. The van der Waals surface area contributed by atoms with Gasteiger partial charge in [-0.15, -0.1) is 0 Å². The van der Waals surface area contributed by atoms with Crippen LogP contribution in [0.3, 0.4) is 0 Å². The molecule has 0 radical (unpaired) electrons. The van der Waals surface area contributed by atoms with Crippen molar-refractivity contribution in [2.45, 2.75) is 38.3 Å². The highest BCUT2D eigenvalue weighted by atomic mass is 15.2. The minimum atomic E-state index is 0.228. The van der Waals surface area contributed by atoms with E-state index in [4.69, 9.17) is 0 Å².